The Morgan fingerprint density at radius 3 is 2.58 bits per heavy atom. The predicted molar refractivity (Wildman–Crippen MR) is 91.3 cm³/mol. The van der Waals surface area contributed by atoms with E-state index in [0.717, 1.165) is 51.7 Å². The summed E-state index contributed by atoms with van der Waals surface area (Å²) in [6, 6.07) is 0. The van der Waals surface area contributed by atoms with Crippen LogP contribution in [0.25, 0.3) is 0 Å². The van der Waals surface area contributed by atoms with Gasteiger partial charge in [0.2, 0.25) is 0 Å². The van der Waals surface area contributed by atoms with Crippen LogP contribution in [-0.4, -0.2) is 69.2 Å². The number of nitrogens with zero attached hydrogens (tertiary/aromatic N) is 3. The van der Waals surface area contributed by atoms with Crippen molar-refractivity contribution in [1.29, 1.82) is 0 Å². The first-order chi connectivity index (χ1) is 8.74. The summed E-state index contributed by atoms with van der Waals surface area (Å²) in [5.41, 5.74) is 5.99. The molecule has 0 aliphatic carbocycles. The fourth-order valence-electron chi connectivity index (χ4n) is 2.12. The molecular formula is C13H29IN4O. The fraction of sp³-hybridized carbons (Fsp3) is 0.923. The predicted octanol–water partition coefficient (Wildman–Crippen LogP) is 1.37. The van der Waals surface area contributed by atoms with Gasteiger partial charge in [-0.15, -0.1) is 24.0 Å². The summed E-state index contributed by atoms with van der Waals surface area (Å²) in [7, 11) is 3.84. The zero-order valence-corrected chi connectivity index (χ0v) is 14.6. The lowest BCUT2D eigenvalue weighted by atomic mass is 10.1. The second-order valence-corrected chi connectivity index (χ2v) is 4.94. The van der Waals surface area contributed by atoms with E-state index in [0.29, 0.717) is 0 Å². The number of nitrogens with two attached hydrogens (primary N) is 1. The third-order valence-electron chi connectivity index (χ3n) is 3.33. The number of piperidine rings is 1. The van der Waals surface area contributed by atoms with E-state index in [4.69, 9.17) is 10.5 Å². The van der Waals surface area contributed by atoms with E-state index in [1.165, 1.54) is 19.3 Å². The SMILES string of the molecule is COCCN(C)CCCN=C(N)N1CCCCC1.I. The van der Waals surface area contributed by atoms with Gasteiger partial charge in [-0.2, -0.15) is 0 Å². The molecule has 1 heterocycles. The van der Waals surface area contributed by atoms with Gasteiger partial charge in [-0.25, -0.2) is 0 Å². The smallest absolute Gasteiger partial charge is 0.191 e. The minimum absolute atomic E-state index is 0. The minimum atomic E-state index is 0. The molecule has 2 N–H and O–H groups in total. The lowest BCUT2D eigenvalue weighted by molar-refractivity contribution is 0.161. The number of ether oxygens (including phenoxy) is 1. The standard InChI is InChI=1S/C13H28N4O.HI/c1-16(11-12-18-2)8-6-7-15-13(14)17-9-4-3-5-10-17;/h3-12H2,1-2H3,(H2,14,15);1H. The summed E-state index contributed by atoms with van der Waals surface area (Å²) in [5, 5.41) is 0. The topological polar surface area (TPSA) is 54.1 Å². The Bertz CT molecular complexity index is 245. The van der Waals surface area contributed by atoms with E-state index < -0.39 is 0 Å². The number of likely N-dealkylation sites (N-methyl/N-ethyl adjacent to an activating group) is 1. The number of aliphatic imine (C=N–C) groups is 1. The third kappa shape index (κ3) is 8.65. The molecule has 5 nitrogen and oxygen atoms in total. The van der Waals surface area contributed by atoms with Crippen molar-refractivity contribution in [3.63, 3.8) is 0 Å². The van der Waals surface area contributed by atoms with Gasteiger partial charge in [0, 0.05) is 33.3 Å². The van der Waals surface area contributed by atoms with Gasteiger partial charge < -0.3 is 20.3 Å². The molecule has 1 fully saturated rings. The Labute approximate surface area is 134 Å². The Balaban J connectivity index is 0.00000324. The maximum absolute atomic E-state index is 5.99. The van der Waals surface area contributed by atoms with Crippen LogP contribution < -0.4 is 5.73 Å². The van der Waals surface area contributed by atoms with E-state index in [-0.39, 0.29) is 24.0 Å². The van der Waals surface area contributed by atoms with Gasteiger partial charge >= 0.3 is 0 Å². The van der Waals surface area contributed by atoms with Crippen LogP contribution in [0.5, 0.6) is 0 Å². The van der Waals surface area contributed by atoms with Gasteiger partial charge in [0.1, 0.15) is 0 Å². The van der Waals surface area contributed by atoms with E-state index in [9.17, 15) is 0 Å². The van der Waals surface area contributed by atoms with Crippen LogP contribution in [-0.2, 0) is 4.74 Å². The number of methoxy groups -OCH3 is 1. The fourth-order valence-corrected chi connectivity index (χ4v) is 2.12. The maximum atomic E-state index is 5.99. The average molecular weight is 384 g/mol. The third-order valence-corrected chi connectivity index (χ3v) is 3.33. The van der Waals surface area contributed by atoms with Crippen LogP contribution in [0.3, 0.4) is 0 Å². The Hall–Kier alpha value is -0.0800. The molecular weight excluding hydrogens is 355 g/mol. The summed E-state index contributed by atoms with van der Waals surface area (Å²) in [6.07, 6.45) is 4.87. The first-order valence-corrected chi connectivity index (χ1v) is 6.96. The molecule has 1 aliphatic rings. The van der Waals surface area contributed by atoms with E-state index in [1.807, 2.05) is 0 Å². The molecule has 0 atom stereocenters. The largest absolute Gasteiger partial charge is 0.383 e. The van der Waals surface area contributed by atoms with Crippen molar-refractivity contribution in [1.82, 2.24) is 9.80 Å². The number of hydrogen-bond donors (Lipinski definition) is 1. The van der Waals surface area contributed by atoms with E-state index in [2.05, 4.69) is 21.8 Å². The average Bonchev–Trinajstić information content (AvgIpc) is 2.42. The van der Waals surface area contributed by atoms with Crippen LogP contribution in [0.15, 0.2) is 4.99 Å². The first-order valence-electron chi connectivity index (χ1n) is 6.96. The highest BCUT2D eigenvalue weighted by molar-refractivity contribution is 14.0. The van der Waals surface area contributed by atoms with Crippen molar-refractivity contribution in [3.05, 3.63) is 0 Å². The van der Waals surface area contributed by atoms with Crippen molar-refractivity contribution >= 4 is 29.9 Å². The normalized spacial score (nSPS) is 16.6. The lowest BCUT2D eigenvalue weighted by Crippen LogP contribution is -2.41. The van der Waals surface area contributed by atoms with Crippen LogP contribution in [0.4, 0.5) is 0 Å². The number of halogens is 1. The summed E-state index contributed by atoms with van der Waals surface area (Å²) >= 11 is 0. The Morgan fingerprint density at radius 2 is 1.95 bits per heavy atom. The van der Waals surface area contributed by atoms with Gasteiger partial charge in [-0.3, -0.25) is 4.99 Å². The summed E-state index contributed by atoms with van der Waals surface area (Å²) < 4.78 is 5.04. The van der Waals surface area contributed by atoms with Crippen molar-refractivity contribution in [3.8, 4) is 0 Å². The highest BCUT2D eigenvalue weighted by atomic mass is 127. The van der Waals surface area contributed by atoms with Gasteiger partial charge in [-0.1, -0.05) is 0 Å². The zero-order chi connectivity index (χ0) is 13.2. The second-order valence-electron chi connectivity index (χ2n) is 4.94. The number of hydrogen-bond acceptors (Lipinski definition) is 3. The quantitative estimate of drug-likeness (QED) is 0.312. The Kier molecular flexibility index (Phi) is 11.7. The van der Waals surface area contributed by atoms with E-state index >= 15 is 0 Å². The van der Waals surface area contributed by atoms with Crippen molar-refractivity contribution in [2.75, 3.05) is 53.5 Å². The number of likely N-dealkylation sites (tertiary alicyclic amines) is 1. The van der Waals surface area contributed by atoms with Gasteiger partial charge in [0.05, 0.1) is 6.61 Å². The van der Waals surface area contributed by atoms with Crippen LogP contribution in [0.1, 0.15) is 25.7 Å². The van der Waals surface area contributed by atoms with Crippen LogP contribution in [0.2, 0.25) is 0 Å². The molecule has 1 rings (SSSR count). The second kappa shape index (κ2) is 11.7. The highest BCUT2D eigenvalue weighted by Crippen LogP contribution is 2.07. The van der Waals surface area contributed by atoms with Crippen molar-refractivity contribution in [2.24, 2.45) is 10.7 Å². The number of guanidine groups is 1. The summed E-state index contributed by atoms with van der Waals surface area (Å²) in [4.78, 5) is 8.93. The molecule has 0 aromatic carbocycles. The molecule has 6 heteroatoms. The summed E-state index contributed by atoms with van der Waals surface area (Å²) in [5.74, 6) is 0.731. The monoisotopic (exact) mass is 384 g/mol. The maximum Gasteiger partial charge on any atom is 0.191 e. The van der Waals surface area contributed by atoms with Crippen LogP contribution >= 0.6 is 24.0 Å². The molecule has 0 bridgehead atoms. The molecule has 0 amide bonds. The Morgan fingerprint density at radius 1 is 1.26 bits per heavy atom. The summed E-state index contributed by atoms with van der Waals surface area (Å²) in [6.45, 7) is 5.77. The molecule has 0 aromatic rings. The molecule has 0 spiro atoms. The van der Waals surface area contributed by atoms with Gasteiger partial charge in [0.25, 0.3) is 0 Å². The van der Waals surface area contributed by atoms with Gasteiger partial charge in [0.15, 0.2) is 5.96 Å². The molecule has 1 aliphatic heterocycles. The zero-order valence-electron chi connectivity index (χ0n) is 12.3. The van der Waals surface area contributed by atoms with Crippen molar-refractivity contribution in [2.45, 2.75) is 25.7 Å². The molecule has 0 saturated carbocycles. The molecule has 114 valence electrons. The minimum Gasteiger partial charge on any atom is -0.383 e. The van der Waals surface area contributed by atoms with Crippen LogP contribution in [0, 0.1) is 0 Å². The molecule has 0 unspecified atom stereocenters. The molecule has 19 heavy (non-hydrogen) atoms. The van der Waals surface area contributed by atoms with E-state index in [1.54, 1.807) is 7.11 Å². The van der Waals surface area contributed by atoms with Gasteiger partial charge in [-0.05, 0) is 39.3 Å². The number of rotatable bonds is 7. The molecule has 0 radical (unpaired) electrons. The molecule has 0 aromatic heterocycles. The highest BCUT2D eigenvalue weighted by Gasteiger charge is 2.11. The molecule has 1 saturated heterocycles. The lowest BCUT2D eigenvalue weighted by Gasteiger charge is -2.27. The first kappa shape index (κ1) is 18.9. The van der Waals surface area contributed by atoms with Crippen molar-refractivity contribution < 1.29 is 4.74 Å².